The highest BCUT2D eigenvalue weighted by molar-refractivity contribution is 6.05. The van der Waals surface area contributed by atoms with Crippen molar-refractivity contribution in [1.29, 1.82) is 0 Å². The number of aromatic nitrogens is 2. The number of anilines is 1. The third-order valence-electron chi connectivity index (χ3n) is 3.30. The van der Waals surface area contributed by atoms with Crippen LogP contribution in [0.3, 0.4) is 0 Å². The molecule has 2 aromatic heterocycles. The lowest BCUT2D eigenvalue weighted by Crippen LogP contribution is -2.13. The molecule has 0 unspecified atom stereocenters. The van der Waals surface area contributed by atoms with E-state index < -0.39 is 0 Å². The molecular weight excluding hydrogens is 278 g/mol. The van der Waals surface area contributed by atoms with Gasteiger partial charge in [-0.3, -0.25) is 4.79 Å². The van der Waals surface area contributed by atoms with Crippen molar-refractivity contribution in [3.8, 4) is 5.75 Å². The van der Waals surface area contributed by atoms with Crippen LogP contribution >= 0.6 is 0 Å². The van der Waals surface area contributed by atoms with Crippen LogP contribution in [0.5, 0.6) is 5.75 Å². The summed E-state index contributed by atoms with van der Waals surface area (Å²) in [4.78, 5) is 19.5. The molecule has 0 radical (unpaired) electrons. The molecule has 0 bridgehead atoms. The zero-order chi connectivity index (χ0) is 15.5. The van der Waals surface area contributed by atoms with Crippen LogP contribution < -0.4 is 10.1 Å². The highest BCUT2D eigenvalue weighted by atomic mass is 16.5. The number of aryl methyl sites for hydroxylation is 1. The Kier molecular flexibility index (Phi) is 3.78. The molecule has 0 atom stereocenters. The maximum Gasteiger partial charge on any atom is 0.273 e. The van der Waals surface area contributed by atoms with E-state index in [-0.39, 0.29) is 5.91 Å². The molecule has 0 aliphatic carbocycles. The zero-order valence-corrected chi connectivity index (χ0v) is 12.5. The highest BCUT2D eigenvalue weighted by Gasteiger charge is 2.11. The third-order valence-corrected chi connectivity index (χ3v) is 3.30. The van der Waals surface area contributed by atoms with Crippen molar-refractivity contribution in [1.82, 2.24) is 9.97 Å². The van der Waals surface area contributed by atoms with Crippen LogP contribution in [0.15, 0.2) is 42.6 Å². The Morgan fingerprint density at radius 1 is 1.27 bits per heavy atom. The molecule has 1 amide bonds. The molecule has 0 fully saturated rings. The molecule has 2 heterocycles. The van der Waals surface area contributed by atoms with Crippen LogP contribution in [0.1, 0.15) is 23.0 Å². The summed E-state index contributed by atoms with van der Waals surface area (Å²) in [5, 5.41) is 3.74. The molecule has 1 aromatic carbocycles. The fourth-order valence-corrected chi connectivity index (χ4v) is 2.21. The molecule has 0 saturated carbocycles. The first-order chi connectivity index (χ1) is 10.7. The van der Waals surface area contributed by atoms with E-state index in [9.17, 15) is 4.79 Å². The Hall–Kier alpha value is -2.82. The highest BCUT2D eigenvalue weighted by Crippen LogP contribution is 2.22. The van der Waals surface area contributed by atoms with Gasteiger partial charge in [0.25, 0.3) is 5.91 Å². The van der Waals surface area contributed by atoms with Gasteiger partial charge in [-0.15, -0.1) is 0 Å². The first-order valence-electron chi connectivity index (χ1n) is 7.15. The standard InChI is InChI=1S/C17H17N3O2/c1-3-22-13-6-5-12-8-15(19-14(12)9-13)17(21)20-16-7-4-11(2)10-18-16/h4-10,19H,3H2,1-2H3,(H,18,20,21). The van der Waals surface area contributed by atoms with Gasteiger partial charge in [0, 0.05) is 23.2 Å². The molecule has 2 N–H and O–H groups in total. The molecule has 22 heavy (non-hydrogen) atoms. The minimum Gasteiger partial charge on any atom is -0.494 e. The number of carbonyl (C=O) groups is 1. The maximum atomic E-state index is 12.3. The molecule has 0 aliphatic heterocycles. The number of amides is 1. The van der Waals surface area contributed by atoms with Gasteiger partial charge >= 0.3 is 0 Å². The van der Waals surface area contributed by atoms with Crippen LogP contribution in [0.4, 0.5) is 5.82 Å². The average molecular weight is 295 g/mol. The van der Waals surface area contributed by atoms with Crippen molar-refractivity contribution in [2.24, 2.45) is 0 Å². The predicted molar refractivity (Wildman–Crippen MR) is 86.4 cm³/mol. The lowest BCUT2D eigenvalue weighted by molar-refractivity contribution is 0.102. The smallest absolute Gasteiger partial charge is 0.273 e. The van der Waals surface area contributed by atoms with E-state index in [4.69, 9.17) is 4.74 Å². The molecule has 3 rings (SSSR count). The fourth-order valence-electron chi connectivity index (χ4n) is 2.21. The molecule has 0 saturated heterocycles. The van der Waals surface area contributed by atoms with Gasteiger partial charge in [0.05, 0.1) is 6.61 Å². The number of ether oxygens (including phenoxy) is 1. The first kappa shape index (κ1) is 14.1. The summed E-state index contributed by atoms with van der Waals surface area (Å²) in [6, 6.07) is 11.2. The summed E-state index contributed by atoms with van der Waals surface area (Å²) in [5.41, 5.74) is 2.41. The average Bonchev–Trinajstić information content (AvgIpc) is 2.93. The number of hydrogen-bond acceptors (Lipinski definition) is 3. The third kappa shape index (κ3) is 2.93. The van der Waals surface area contributed by atoms with Crippen molar-refractivity contribution >= 4 is 22.6 Å². The zero-order valence-electron chi connectivity index (χ0n) is 12.5. The van der Waals surface area contributed by atoms with Crippen molar-refractivity contribution in [3.05, 3.63) is 53.9 Å². The number of pyridine rings is 1. The minimum atomic E-state index is -0.217. The Morgan fingerprint density at radius 3 is 2.86 bits per heavy atom. The molecule has 5 heteroatoms. The van der Waals surface area contributed by atoms with Gasteiger partial charge in [-0.05, 0) is 43.7 Å². The SMILES string of the molecule is CCOc1ccc2cc(C(=O)Nc3ccc(C)cn3)[nH]c2c1. The number of benzene rings is 1. The predicted octanol–water partition coefficient (Wildman–Crippen LogP) is 3.52. The second kappa shape index (κ2) is 5.89. The Labute approximate surface area is 128 Å². The van der Waals surface area contributed by atoms with Gasteiger partial charge in [0.15, 0.2) is 0 Å². The normalized spacial score (nSPS) is 10.6. The van der Waals surface area contributed by atoms with Crippen LogP contribution in [-0.2, 0) is 0 Å². The monoisotopic (exact) mass is 295 g/mol. The number of H-pyrrole nitrogens is 1. The quantitative estimate of drug-likeness (QED) is 0.774. The molecule has 112 valence electrons. The Bertz CT molecular complexity index is 806. The summed E-state index contributed by atoms with van der Waals surface area (Å²) in [6.07, 6.45) is 1.72. The van der Waals surface area contributed by atoms with Gasteiger partial charge < -0.3 is 15.0 Å². The summed E-state index contributed by atoms with van der Waals surface area (Å²) < 4.78 is 5.46. The fraction of sp³-hybridized carbons (Fsp3) is 0.176. The van der Waals surface area contributed by atoms with Gasteiger partial charge in [-0.2, -0.15) is 0 Å². The Morgan fingerprint density at radius 2 is 2.14 bits per heavy atom. The van der Waals surface area contributed by atoms with Crippen LogP contribution in [0.2, 0.25) is 0 Å². The number of hydrogen-bond donors (Lipinski definition) is 2. The van der Waals surface area contributed by atoms with Gasteiger partial charge in [0.1, 0.15) is 17.3 Å². The van der Waals surface area contributed by atoms with Crippen molar-refractivity contribution in [2.75, 3.05) is 11.9 Å². The number of aromatic amines is 1. The summed E-state index contributed by atoms with van der Waals surface area (Å²) in [5.74, 6) is 1.10. The van der Waals surface area contributed by atoms with E-state index >= 15 is 0 Å². The lowest BCUT2D eigenvalue weighted by Gasteiger charge is -2.02. The van der Waals surface area contributed by atoms with Crippen molar-refractivity contribution < 1.29 is 9.53 Å². The first-order valence-corrected chi connectivity index (χ1v) is 7.15. The van der Waals surface area contributed by atoms with E-state index in [2.05, 4.69) is 15.3 Å². The van der Waals surface area contributed by atoms with Gasteiger partial charge in [-0.1, -0.05) is 6.07 Å². The minimum absolute atomic E-state index is 0.217. The van der Waals surface area contributed by atoms with Crippen molar-refractivity contribution in [2.45, 2.75) is 13.8 Å². The number of nitrogens with one attached hydrogen (secondary N) is 2. The Balaban J connectivity index is 1.82. The van der Waals surface area contributed by atoms with E-state index in [0.29, 0.717) is 18.1 Å². The van der Waals surface area contributed by atoms with Crippen LogP contribution in [0, 0.1) is 6.92 Å². The number of carbonyl (C=O) groups excluding carboxylic acids is 1. The number of fused-ring (bicyclic) bond motifs is 1. The molecule has 0 spiro atoms. The lowest BCUT2D eigenvalue weighted by atomic mass is 10.2. The number of rotatable bonds is 4. The van der Waals surface area contributed by atoms with Gasteiger partial charge in [0.2, 0.25) is 0 Å². The van der Waals surface area contributed by atoms with Crippen molar-refractivity contribution in [3.63, 3.8) is 0 Å². The topological polar surface area (TPSA) is 67.0 Å². The number of nitrogens with zero attached hydrogens (tertiary/aromatic N) is 1. The summed E-state index contributed by atoms with van der Waals surface area (Å²) in [7, 11) is 0. The molecule has 5 nitrogen and oxygen atoms in total. The summed E-state index contributed by atoms with van der Waals surface area (Å²) in [6.45, 7) is 4.50. The molecule has 3 aromatic rings. The summed E-state index contributed by atoms with van der Waals surface area (Å²) >= 11 is 0. The van der Waals surface area contributed by atoms with Crippen LogP contribution in [-0.4, -0.2) is 22.5 Å². The van der Waals surface area contributed by atoms with E-state index in [1.807, 2.05) is 44.2 Å². The largest absolute Gasteiger partial charge is 0.494 e. The van der Waals surface area contributed by atoms with Crippen LogP contribution in [0.25, 0.3) is 10.9 Å². The second-order valence-corrected chi connectivity index (χ2v) is 5.04. The molecule has 0 aliphatic rings. The van der Waals surface area contributed by atoms with E-state index in [1.165, 1.54) is 0 Å². The second-order valence-electron chi connectivity index (χ2n) is 5.04. The van der Waals surface area contributed by atoms with Gasteiger partial charge in [-0.25, -0.2) is 4.98 Å². The molecular formula is C17H17N3O2. The maximum absolute atomic E-state index is 12.3. The van der Waals surface area contributed by atoms with E-state index in [1.54, 1.807) is 12.3 Å². The van der Waals surface area contributed by atoms with E-state index in [0.717, 1.165) is 22.2 Å².